The average molecular weight is 416 g/mol. The fourth-order valence-corrected chi connectivity index (χ4v) is 4.68. The largest absolute Gasteiger partial charge is 0.353 e. The number of H-pyrrole nitrogens is 1. The van der Waals surface area contributed by atoms with Crippen LogP contribution < -0.4 is 10.9 Å². The number of carbonyl (C=O) groups is 1. The maximum atomic E-state index is 12.7. The first-order chi connectivity index (χ1) is 13.5. The Labute approximate surface area is 173 Å². The van der Waals surface area contributed by atoms with E-state index in [0.29, 0.717) is 22.7 Å². The monoisotopic (exact) mass is 415 g/mol. The maximum Gasteiger partial charge on any atom is 0.260 e. The number of nitrogens with one attached hydrogen (secondary N) is 2. The Hall–Kier alpha value is -2.12. The van der Waals surface area contributed by atoms with Crippen LogP contribution in [0.1, 0.15) is 38.1 Å². The van der Waals surface area contributed by atoms with Crippen molar-refractivity contribution in [1.82, 2.24) is 15.3 Å². The number of thioether (sulfide) groups is 1. The molecule has 5 nitrogen and oxygen atoms in total. The Morgan fingerprint density at radius 1 is 1.25 bits per heavy atom. The van der Waals surface area contributed by atoms with Crippen molar-refractivity contribution < 1.29 is 4.79 Å². The number of aryl methyl sites for hydroxylation is 1. The van der Waals surface area contributed by atoms with Crippen LogP contribution >= 0.6 is 23.1 Å². The molecule has 0 aliphatic rings. The second-order valence-electron chi connectivity index (χ2n) is 6.78. The van der Waals surface area contributed by atoms with Gasteiger partial charge in [0.2, 0.25) is 5.91 Å². The molecule has 0 saturated carbocycles. The predicted octanol–water partition coefficient (Wildman–Crippen LogP) is 4.50. The van der Waals surface area contributed by atoms with Crippen LogP contribution in [0.25, 0.3) is 21.3 Å². The molecule has 2 N–H and O–H groups in total. The topological polar surface area (TPSA) is 74.8 Å². The predicted molar refractivity (Wildman–Crippen MR) is 119 cm³/mol. The number of amides is 1. The minimum Gasteiger partial charge on any atom is -0.353 e. The van der Waals surface area contributed by atoms with Crippen LogP contribution in [0, 0.1) is 6.92 Å². The van der Waals surface area contributed by atoms with Gasteiger partial charge in [0, 0.05) is 17.0 Å². The average Bonchev–Trinajstić information content (AvgIpc) is 3.11. The molecule has 0 spiro atoms. The number of aromatic amines is 1. The number of aromatic nitrogens is 2. The summed E-state index contributed by atoms with van der Waals surface area (Å²) in [4.78, 5) is 32.9. The molecular formula is C21H25N3O2S2. The normalized spacial score (nSPS) is 11.3. The van der Waals surface area contributed by atoms with Crippen LogP contribution in [-0.4, -0.2) is 27.7 Å². The van der Waals surface area contributed by atoms with Gasteiger partial charge in [0.1, 0.15) is 10.7 Å². The van der Waals surface area contributed by atoms with E-state index in [2.05, 4.69) is 29.1 Å². The van der Waals surface area contributed by atoms with Crippen LogP contribution in [0.3, 0.4) is 0 Å². The molecule has 3 aromatic rings. The second-order valence-corrected chi connectivity index (χ2v) is 8.63. The summed E-state index contributed by atoms with van der Waals surface area (Å²) in [5.41, 5.74) is 2.99. The molecule has 0 radical (unpaired) electrons. The van der Waals surface area contributed by atoms with Crippen molar-refractivity contribution in [2.75, 3.05) is 5.75 Å². The highest BCUT2D eigenvalue weighted by Crippen LogP contribution is 2.31. The quantitative estimate of drug-likeness (QED) is 0.568. The van der Waals surface area contributed by atoms with Crippen molar-refractivity contribution in [3.63, 3.8) is 0 Å². The van der Waals surface area contributed by atoms with Gasteiger partial charge in [-0.25, -0.2) is 4.98 Å². The van der Waals surface area contributed by atoms with Crippen LogP contribution in [-0.2, 0) is 10.5 Å². The summed E-state index contributed by atoms with van der Waals surface area (Å²) in [5.74, 6) is 1.49. The summed E-state index contributed by atoms with van der Waals surface area (Å²) in [6, 6.07) is 8.36. The van der Waals surface area contributed by atoms with Gasteiger partial charge in [-0.1, -0.05) is 43.7 Å². The molecule has 0 saturated heterocycles. The zero-order valence-corrected chi connectivity index (χ0v) is 18.0. The molecule has 28 heavy (non-hydrogen) atoms. The number of rotatable bonds is 8. The summed E-state index contributed by atoms with van der Waals surface area (Å²) in [6.45, 7) is 6.17. The van der Waals surface area contributed by atoms with Crippen LogP contribution in [0.4, 0.5) is 0 Å². The van der Waals surface area contributed by atoms with Crippen molar-refractivity contribution in [3.8, 4) is 11.1 Å². The number of hydrogen-bond donors (Lipinski definition) is 2. The summed E-state index contributed by atoms with van der Waals surface area (Å²) in [6.07, 6.45) is 1.86. The van der Waals surface area contributed by atoms with Crippen molar-refractivity contribution in [3.05, 3.63) is 51.4 Å². The molecule has 0 aliphatic carbocycles. The summed E-state index contributed by atoms with van der Waals surface area (Å²) in [5, 5.41) is 5.64. The van der Waals surface area contributed by atoms with Crippen LogP contribution in [0.5, 0.6) is 0 Å². The van der Waals surface area contributed by atoms with E-state index >= 15 is 0 Å². The van der Waals surface area contributed by atoms with E-state index in [1.165, 1.54) is 28.7 Å². The third-order valence-corrected chi connectivity index (χ3v) is 6.49. The Balaban J connectivity index is 1.70. The number of nitrogens with zero attached hydrogens (tertiary/aromatic N) is 1. The van der Waals surface area contributed by atoms with Gasteiger partial charge in [-0.05, 0) is 25.3 Å². The van der Waals surface area contributed by atoms with E-state index in [1.54, 1.807) is 0 Å². The van der Waals surface area contributed by atoms with E-state index in [9.17, 15) is 9.59 Å². The number of thiophene rings is 1. The molecule has 1 aromatic carbocycles. The van der Waals surface area contributed by atoms with Gasteiger partial charge >= 0.3 is 0 Å². The van der Waals surface area contributed by atoms with Gasteiger partial charge in [0.15, 0.2) is 0 Å². The smallest absolute Gasteiger partial charge is 0.260 e. The third kappa shape index (κ3) is 4.83. The summed E-state index contributed by atoms with van der Waals surface area (Å²) >= 11 is 2.94. The summed E-state index contributed by atoms with van der Waals surface area (Å²) in [7, 11) is 0. The first-order valence-electron chi connectivity index (χ1n) is 9.46. The zero-order chi connectivity index (χ0) is 20.1. The molecular weight excluding hydrogens is 390 g/mol. The van der Waals surface area contributed by atoms with Crippen molar-refractivity contribution in [2.45, 2.75) is 45.4 Å². The van der Waals surface area contributed by atoms with Gasteiger partial charge in [-0.3, -0.25) is 9.59 Å². The molecule has 0 bridgehead atoms. The van der Waals surface area contributed by atoms with Crippen molar-refractivity contribution in [2.24, 2.45) is 0 Å². The van der Waals surface area contributed by atoms with Gasteiger partial charge in [-0.15, -0.1) is 23.1 Å². The standard InChI is InChI=1S/C21H25N3O2S2/c1-4-15(5-2)22-18(25)12-27-11-17-23-20(26)19-16(10-28-21(19)24-17)14-8-6-13(3)7-9-14/h6-10,15H,4-5,11-12H2,1-3H3,(H,22,25)(H,23,24,26). The molecule has 0 aliphatic heterocycles. The van der Waals surface area contributed by atoms with E-state index < -0.39 is 0 Å². The van der Waals surface area contributed by atoms with E-state index in [1.807, 2.05) is 36.6 Å². The first kappa shape index (κ1) is 20.6. The molecule has 0 unspecified atom stereocenters. The number of hydrogen-bond acceptors (Lipinski definition) is 5. The summed E-state index contributed by atoms with van der Waals surface area (Å²) < 4.78 is 0. The second kappa shape index (κ2) is 9.39. The van der Waals surface area contributed by atoms with Gasteiger partial charge in [0.25, 0.3) is 5.56 Å². The molecule has 3 rings (SSSR count). The lowest BCUT2D eigenvalue weighted by molar-refractivity contribution is -0.119. The first-order valence-corrected chi connectivity index (χ1v) is 11.5. The molecule has 2 heterocycles. The Bertz CT molecular complexity index is 1000. The molecule has 7 heteroatoms. The Morgan fingerprint density at radius 3 is 2.64 bits per heavy atom. The van der Waals surface area contributed by atoms with Crippen molar-refractivity contribution in [1.29, 1.82) is 0 Å². The SMILES string of the molecule is CCC(CC)NC(=O)CSCc1nc2scc(-c3ccc(C)cc3)c2c(=O)[nH]1. The lowest BCUT2D eigenvalue weighted by atomic mass is 10.1. The minimum atomic E-state index is -0.126. The van der Waals surface area contributed by atoms with E-state index in [4.69, 9.17) is 0 Å². The highest BCUT2D eigenvalue weighted by Gasteiger charge is 2.14. The lowest BCUT2D eigenvalue weighted by Crippen LogP contribution is -2.35. The molecule has 2 aromatic heterocycles. The Kier molecular flexibility index (Phi) is 6.91. The Morgan fingerprint density at radius 2 is 1.96 bits per heavy atom. The molecule has 1 amide bonds. The van der Waals surface area contributed by atoms with Gasteiger partial charge in [0.05, 0.1) is 16.9 Å². The third-order valence-electron chi connectivity index (χ3n) is 4.68. The van der Waals surface area contributed by atoms with Crippen molar-refractivity contribution >= 4 is 39.2 Å². The lowest BCUT2D eigenvalue weighted by Gasteiger charge is -2.14. The highest BCUT2D eigenvalue weighted by atomic mass is 32.2. The molecule has 148 valence electrons. The molecule has 0 fully saturated rings. The van der Waals surface area contributed by atoms with Crippen LogP contribution in [0.15, 0.2) is 34.4 Å². The number of benzene rings is 1. The van der Waals surface area contributed by atoms with E-state index in [-0.39, 0.29) is 17.5 Å². The fourth-order valence-electron chi connectivity index (χ4n) is 3.01. The number of fused-ring (bicyclic) bond motifs is 1. The van der Waals surface area contributed by atoms with E-state index in [0.717, 1.165) is 28.8 Å². The maximum absolute atomic E-state index is 12.7. The van der Waals surface area contributed by atoms with Gasteiger partial charge < -0.3 is 10.3 Å². The zero-order valence-electron chi connectivity index (χ0n) is 16.4. The fraction of sp³-hybridized carbons (Fsp3) is 0.381. The minimum absolute atomic E-state index is 0.0277. The molecule has 0 atom stereocenters. The highest BCUT2D eigenvalue weighted by molar-refractivity contribution is 7.99. The number of carbonyl (C=O) groups excluding carboxylic acids is 1. The van der Waals surface area contributed by atoms with Crippen LogP contribution in [0.2, 0.25) is 0 Å². The van der Waals surface area contributed by atoms with Gasteiger partial charge in [-0.2, -0.15) is 0 Å².